The number of hydrogen-bond acceptors (Lipinski definition) is 5. The highest BCUT2D eigenvalue weighted by molar-refractivity contribution is 5.86. The molecule has 2 amide bonds. The molecule has 2 saturated carbocycles. The summed E-state index contributed by atoms with van der Waals surface area (Å²) in [4.78, 5) is 39.7. The third-order valence-corrected chi connectivity index (χ3v) is 8.58. The van der Waals surface area contributed by atoms with Crippen LogP contribution in [0.2, 0.25) is 0 Å². The maximum atomic E-state index is 13.5. The second-order valence-corrected chi connectivity index (χ2v) is 11.8. The molecule has 1 aromatic rings. The van der Waals surface area contributed by atoms with Gasteiger partial charge in [0.25, 0.3) is 0 Å². The van der Waals surface area contributed by atoms with Gasteiger partial charge >= 0.3 is 5.97 Å². The van der Waals surface area contributed by atoms with Crippen LogP contribution in [-0.4, -0.2) is 47.2 Å². The van der Waals surface area contributed by atoms with Crippen LogP contribution in [0.3, 0.4) is 0 Å². The first-order chi connectivity index (χ1) is 19.3. The Morgan fingerprint density at radius 1 is 0.925 bits per heavy atom. The number of nitrogens with one attached hydrogen (secondary N) is 2. The number of carbonyl (C=O) groups excluding carboxylic acids is 3. The van der Waals surface area contributed by atoms with Gasteiger partial charge in [0.15, 0.2) is 0 Å². The monoisotopic (exact) mass is 552 g/mol. The van der Waals surface area contributed by atoms with Gasteiger partial charge in [-0.15, -0.1) is 13.2 Å². The molecule has 2 atom stereocenters. The Morgan fingerprint density at radius 3 is 2.17 bits per heavy atom. The molecule has 3 rings (SSSR count). The van der Waals surface area contributed by atoms with Gasteiger partial charge in [-0.05, 0) is 63.4 Å². The second kappa shape index (κ2) is 15.8. The Balaban J connectivity index is 1.62. The summed E-state index contributed by atoms with van der Waals surface area (Å²) in [6.07, 6.45) is 13.7. The van der Waals surface area contributed by atoms with Crippen LogP contribution in [0.15, 0.2) is 55.6 Å². The molecule has 0 aromatic heterocycles. The summed E-state index contributed by atoms with van der Waals surface area (Å²) in [5.74, 6) is -1.52. The van der Waals surface area contributed by atoms with Crippen molar-refractivity contribution in [3.05, 3.63) is 61.2 Å². The highest BCUT2D eigenvalue weighted by atomic mass is 16.5. The lowest BCUT2D eigenvalue weighted by Gasteiger charge is -2.33. The number of rotatable bonds is 17. The average molecular weight is 553 g/mol. The average Bonchev–Trinajstić information content (AvgIpc) is 3.62. The summed E-state index contributed by atoms with van der Waals surface area (Å²) in [6.45, 7) is 7.62. The summed E-state index contributed by atoms with van der Waals surface area (Å²) < 4.78 is 5.93. The number of hydrogen-bond donors (Lipinski definition) is 3. The zero-order chi connectivity index (χ0) is 28.8. The van der Waals surface area contributed by atoms with E-state index in [0.717, 1.165) is 69.8 Å². The quantitative estimate of drug-likeness (QED) is 0.140. The number of unbranched alkanes of at least 4 members (excludes halogenated alkanes) is 1. The molecule has 40 heavy (non-hydrogen) atoms. The fourth-order valence-corrected chi connectivity index (χ4v) is 6.19. The number of ether oxygens (including phenoxy) is 1. The molecule has 3 N–H and O–H groups in total. The lowest BCUT2D eigenvalue weighted by Crippen LogP contribution is -2.53. The summed E-state index contributed by atoms with van der Waals surface area (Å²) in [5, 5.41) is 16.1. The van der Waals surface area contributed by atoms with Crippen LogP contribution in [0.25, 0.3) is 0 Å². The Kier molecular flexibility index (Phi) is 12.4. The number of esters is 1. The van der Waals surface area contributed by atoms with Crippen molar-refractivity contribution in [2.45, 2.75) is 101 Å². The SMILES string of the molecule is C=CCCC[C@H](Cc1ccccc1)C(=O)OCC1(NC(=O)[C@H](CC=C)CC(=O)NC2(CO)CCCC2)CCCC1. The van der Waals surface area contributed by atoms with Crippen molar-refractivity contribution >= 4 is 17.8 Å². The molecular formula is C33H48N2O5. The topological polar surface area (TPSA) is 105 Å². The fourth-order valence-electron chi connectivity index (χ4n) is 6.19. The van der Waals surface area contributed by atoms with Gasteiger partial charge in [-0.3, -0.25) is 14.4 Å². The third-order valence-electron chi connectivity index (χ3n) is 8.58. The van der Waals surface area contributed by atoms with Crippen LogP contribution in [-0.2, 0) is 25.5 Å². The maximum Gasteiger partial charge on any atom is 0.309 e. The number of carbonyl (C=O) groups is 3. The molecule has 0 spiro atoms. The molecule has 220 valence electrons. The Labute approximate surface area is 239 Å². The van der Waals surface area contributed by atoms with Crippen LogP contribution >= 0.6 is 0 Å². The van der Waals surface area contributed by atoms with Crippen LogP contribution in [0, 0.1) is 11.8 Å². The van der Waals surface area contributed by atoms with Crippen LogP contribution in [0.1, 0.15) is 89.0 Å². The van der Waals surface area contributed by atoms with Crippen molar-refractivity contribution in [3.8, 4) is 0 Å². The molecule has 7 nitrogen and oxygen atoms in total. The zero-order valence-corrected chi connectivity index (χ0v) is 24.0. The molecule has 2 aliphatic rings. The molecule has 0 heterocycles. The maximum absolute atomic E-state index is 13.5. The minimum absolute atomic E-state index is 0.0257. The molecule has 0 bridgehead atoms. The molecule has 0 unspecified atom stereocenters. The van der Waals surface area contributed by atoms with Gasteiger partial charge in [0, 0.05) is 6.42 Å². The standard InChI is InChI=1S/C33H48N2O5/c1-3-5-7-17-28(22-26-15-8-6-9-16-26)31(39)40-25-33(20-12-13-21-33)35-30(38)27(14-4-2)23-29(37)34-32(24-36)18-10-11-19-32/h3-4,6,8-9,15-16,27-28,36H,1-2,5,7,10-14,17-25H2,(H,34,37)(H,35,38)/t27-,28-/m1/s1. The van der Waals surface area contributed by atoms with E-state index in [1.54, 1.807) is 6.08 Å². The lowest BCUT2D eigenvalue weighted by atomic mass is 9.92. The first-order valence-corrected chi connectivity index (χ1v) is 15.0. The van der Waals surface area contributed by atoms with E-state index >= 15 is 0 Å². The fraction of sp³-hybridized carbons (Fsp3) is 0.606. The Morgan fingerprint density at radius 2 is 1.57 bits per heavy atom. The number of amides is 2. The third kappa shape index (κ3) is 9.33. The van der Waals surface area contributed by atoms with Gasteiger partial charge in [-0.2, -0.15) is 0 Å². The van der Waals surface area contributed by atoms with E-state index in [2.05, 4.69) is 23.8 Å². The van der Waals surface area contributed by atoms with Crippen LogP contribution < -0.4 is 10.6 Å². The normalized spacial score (nSPS) is 18.8. The smallest absolute Gasteiger partial charge is 0.309 e. The van der Waals surface area contributed by atoms with E-state index < -0.39 is 17.0 Å². The summed E-state index contributed by atoms with van der Waals surface area (Å²) >= 11 is 0. The summed E-state index contributed by atoms with van der Waals surface area (Å²) in [7, 11) is 0. The molecule has 1 aromatic carbocycles. The predicted octanol–water partition coefficient (Wildman–Crippen LogP) is 5.18. The van der Waals surface area contributed by atoms with Crippen molar-refractivity contribution < 1.29 is 24.2 Å². The first kappa shape index (κ1) is 31.6. The second-order valence-electron chi connectivity index (χ2n) is 11.8. The zero-order valence-electron chi connectivity index (χ0n) is 24.0. The van der Waals surface area contributed by atoms with Crippen molar-refractivity contribution in [1.29, 1.82) is 0 Å². The van der Waals surface area contributed by atoms with Gasteiger partial charge in [-0.1, -0.05) is 68.2 Å². The van der Waals surface area contributed by atoms with Gasteiger partial charge in [0.2, 0.25) is 11.8 Å². The van der Waals surface area contributed by atoms with Crippen molar-refractivity contribution in [1.82, 2.24) is 10.6 Å². The Bertz CT molecular complexity index is 980. The minimum atomic E-state index is -0.626. The van der Waals surface area contributed by atoms with Gasteiger partial charge in [0.05, 0.1) is 29.5 Å². The molecule has 7 heteroatoms. The number of aliphatic hydroxyl groups excluding tert-OH is 1. The van der Waals surface area contributed by atoms with Crippen molar-refractivity contribution in [3.63, 3.8) is 0 Å². The predicted molar refractivity (Wildman–Crippen MR) is 157 cm³/mol. The van der Waals surface area contributed by atoms with E-state index in [1.807, 2.05) is 36.4 Å². The van der Waals surface area contributed by atoms with Gasteiger partial charge < -0.3 is 20.5 Å². The van der Waals surface area contributed by atoms with Crippen molar-refractivity contribution in [2.75, 3.05) is 13.2 Å². The first-order valence-electron chi connectivity index (χ1n) is 15.0. The molecular weight excluding hydrogens is 504 g/mol. The lowest BCUT2D eigenvalue weighted by molar-refractivity contribution is -0.152. The summed E-state index contributed by atoms with van der Waals surface area (Å²) in [6, 6.07) is 9.96. The van der Waals surface area contributed by atoms with E-state index in [9.17, 15) is 19.5 Å². The van der Waals surface area contributed by atoms with Gasteiger partial charge in [0.1, 0.15) is 6.61 Å². The highest BCUT2D eigenvalue weighted by Gasteiger charge is 2.40. The van der Waals surface area contributed by atoms with Crippen molar-refractivity contribution in [2.24, 2.45) is 11.8 Å². The number of allylic oxidation sites excluding steroid dienone is 2. The van der Waals surface area contributed by atoms with Gasteiger partial charge in [-0.25, -0.2) is 0 Å². The molecule has 2 aliphatic carbocycles. The van der Waals surface area contributed by atoms with Crippen LogP contribution in [0.4, 0.5) is 0 Å². The van der Waals surface area contributed by atoms with Crippen LogP contribution in [0.5, 0.6) is 0 Å². The summed E-state index contributed by atoms with van der Waals surface area (Å²) in [5.41, 5.74) is -0.105. The molecule has 0 aliphatic heterocycles. The van der Waals surface area contributed by atoms with E-state index in [0.29, 0.717) is 19.3 Å². The largest absolute Gasteiger partial charge is 0.463 e. The Hall–Kier alpha value is -2.93. The number of aliphatic hydroxyl groups is 1. The molecule has 0 saturated heterocycles. The minimum Gasteiger partial charge on any atom is -0.463 e. The molecule has 2 fully saturated rings. The van der Waals surface area contributed by atoms with E-state index in [-0.39, 0.29) is 43.3 Å². The highest BCUT2D eigenvalue weighted by Crippen LogP contribution is 2.32. The van der Waals surface area contributed by atoms with E-state index in [4.69, 9.17) is 4.74 Å². The van der Waals surface area contributed by atoms with E-state index in [1.165, 1.54) is 0 Å². The molecule has 0 radical (unpaired) electrons. The number of benzene rings is 1.